The molecule has 0 saturated heterocycles. The molecule has 0 aliphatic heterocycles. The van der Waals surface area contributed by atoms with Gasteiger partial charge in [0.05, 0.1) is 6.42 Å². The van der Waals surface area contributed by atoms with E-state index < -0.39 is 5.97 Å². The first kappa shape index (κ1) is 13.2. The zero-order valence-corrected chi connectivity index (χ0v) is 10.2. The summed E-state index contributed by atoms with van der Waals surface area (Å²) in [5.74, 6) is -0.0326. The summed E-state index contributed by atoms with van der Waals surface area (Å²) in [7, 11) is 0. The third-order valence-electron chi connectivity index (χ3n) is 1.92. The van der Waals surface area contributed by atoms with Gasteiger partial charge in [0.1, 0.15) is 6.29 Å². The highest BCUT2D eigenvalue weighted by Gasteiger charge is 2.18. The Kier molecular flexibility index (Phi) is 4.26. The van der Waals surface area contributed by atoms with Crippen LogP contribution in [0.1, 0.15) is 37.6 Å². The van der Waals surface area contributed by atoms with E-state index in [9.17, 15) is 9.59 Å². The van der Waals surface area contributed by atoms with Gasteiger partial charge in [-0.1, -0.05) is 20.8 Å². The highest BCUT2D eigenvalue weighted by molar-refractivity contribution is 5.74. The fraction of sp³-hybridized carbons (Fsp3) is 0.385. The molecule has 1 aromatic carbocycles. The van der Waals surface area contributed by atoms with E-state index in [4.69, 9.17) is 4.89 Å². The van der Waals surface area contributed by atoms with E-state index in [0.717, 1.165) is 6.29 Å². The lowest BCUT2D eigenvalue weighted by Gasteiger charge is -2.15. The van der Waals surface area contributed by atoms with Gasteiger partial charge in [-0.2, -0.15) is 0 Å². The fourth-order valence-corrected chi connectivity index (χ4v) is 1.16. The Morgan fingerprint density at radius 3 is 2.29 bits per heavy atom. The predicted octanol–water partition coefficient (Wildman–Crippen LogP) is 2.77. The van der Waals surface area contributed by atoms with E-state index in [1.165, 1.54) is 0 Å². The van der Waals surface area contributed by atoms with E-state index >= 15 is 0 Å². The quantitative estimate of drug-likeness (QED) is 0.458. The summed E-state index contributed by atoms with van der Waals surface area (Å²) in [6.45, 7) is 5.81. The Hall–Kier alpha value is -1.84. The van der Waals surface area contributed by atoms with Crippen LogP contribution in [-0.2, 0) is 9.68 Å². The highest BCUT2D eigenvalue weighted by Crippen LogP contribution is 2.19. The van der Waals surface area contributed by atoms with Crippen LogP contribution in [0.15, 0.2) is 24.3 Å². The Morgan fingerprint density at radius 2 is 1.82 bits per heavy atom. The first-order chi connectivity index (χ1) is 7.90. The van der Waals surface area contributed by atoms with Gasteiger partial charge >= 0.3 is 5.97 Å². The normalized spacial score (nSPS) is 10.8. The first-order valence-corrected chi connectivity index (χ1v) is 5.33. The van der Waals surface area contributed by atoms with Crippen LogP contribution in [0.4, 0.5) is 0 Å². The van der Waals surface area contributed by atoms with Gasteiger partial charge in [0.2, 0.25) is 0 Å². The molecule has 0 saturated carbocycles. The van der Waals surface area contributed by atoms with Gasteiger partial charge in [-0.05, 0) is 29.7 Å². The van der Waals surface area contributed by atoms with Gasteiger partial charge in [-0.15, -0.1) is 0 Å². The number of benzene rings is 1. The zero-order chi connectivity index (χ0) is 12.9. The molecule has 0 aliphatic rings. The number of carbonyl (C=O) groups is 2. The molecule has 0 aromatic heterocycles. The molecule has 4 heteroatoms. The second-order valence-corrected chi connectivity index (χ2v) is 4.96. The van der Waals surface area contributed by atoms with Gasteiger partial charge in [0.15, 0.2) is 5.75 Å². The van der Waals surface area contributed by atoms with Gasteiger partial charge in [0.25, 0.3) is 0 Å². The Balaban J connectivity index is 2.44. The molecule has 0 heterocycles. The largest absolute Gasteiger partial charge is 0.355 e. The van der Waals surface area contributed by atoms with E-state index in [1.54, 1.807) is 24.3 Å². The molecule has 0 unspecified atom stereocenters. The van der Waals surface area contributed by atoms with E-state index in [-0.39, 0.29) is 11.8 Å². The summed E-state index contributed by atoms with van der Waals surface area (Å²) >= 11 is 0. The summed E-state index contributed by atoms with van der Waals surface area (Å²) in [6.07, 6.45) is 1.01. The molecule has 92 valence electrons. The average Bonchev–Trinajstić information content (AvgIpc) is 2.25. The lowest BCUT2D eigenvalue weighted by Crippen LogP contribution is -2.16. The van der Waals surface area contributed by atoms with Crippen molar-refractivity contribution in [3.05, 3.63) is 29.8 Å². The van der Waals surface area contributed by atoms with Crippen LogP contribution in [-0.4, -0.2) is 12.3 Å². The molecule has 0 fully saturated rings. The zero-order valence-electron chi connectivity index (χ0n) is 10.2. The predicted molar refractivity (Wildman–Crippen MR) is 62.6 cm³/mol. The number of hydrogen-bond donors (Lipinski definition) is 0. The Bertz CT molecular complexity index is 387. The van der Waals surface area contributed by atoms with E-state index in [1.807, 2.05) is 20.8 Å². The summed E-state index contributed by atoms with van der Waals surface area (Å²) in [6, 6.07) is 6.29. The summed E-state index contributed by atoms with van der Waals surface area (Å²) in [5.41, 5.74) is 0.403. The SMILES string of the molecule is CC(C)(C)CC(=O)OOc1ccc(C=O)cc1. The van der Waals surface area contributed by atoms with Crippen molar-refractivity contribution in [2.24, 2.45) is 5.41 Å². The second-order valence-electron chi connectivity index (χ2n) is 4.96. The molecule has 4 nitrogen and oxygen atoms in total. The van der Waals surface area contributed by atoms with Crippen molar-refractivity contribution in [2.75, 3.05) is 0 Å². The maximum Gasteiger partial charge on any atom is 0.355 e. The maximum absolute atomic E-state index is 11.4. The van der Waals surface area contributed by atoms with Crippen LogP contribution in [0, 0.1) is 5.41 Å². The topological polar surface area (TPSA) is 52.6 Å². The molecular weight excluding hydrogens is 220 g/mol. The minimum atomic E-state index is -0.419. The van der Waals surface area contributed by atoms with E-state index in [0.29, 0.717) is 11.3 Å². The third-order valence-corrected chi connectivity index (χ3v) is 1.92. The number of carbonyl (C=O) groups excluding carboxylic acids is 2. The number of aldehydes is 1. The van der Waals surface area contributed by atoms with Crippen molar-refractivity contribution in [1.29, 1.82) is 0 Å². The second kappa shape index (κ2) is 5.48. The highest BCUT2D eigenvalue weighted by atomic mass is 17.2. The van der Waals surface area contributed by atoms with Crippen molar-refractivity contribution in [3.8, 4) is 5.75 Å². The molecule has 0 N–H and O–H groups in total. The van der Waals surface area contributed by atoms with Gasteiger partial charge in [0, 0.05) is 5.56 Å². The molecule has 0 aliphatic carbocycles. The standard InChI is InChI=1S/C13H16O4/c1-13(2,3)8-12(15)17-16-11-6-4-10(9-14)5-7-11/h4-7,9H,8H2,1-3H3. The molecule has 0 bridgehead atoms. The minimum Gasteiger partial charge on any atom is -0.298 e. The van der Waals surface area contributed by atoms with Crippen molar-refractivity contribution in [1.82, 2.24) is 0 Å². The molecule has 0 radical (unpaired) electrons. The van der Waals surface area contributed by atoms with Gasteiger partial charge in [-0.3, -0.25) is 14.6 Å². The van der Waals surface area contributed by atoms with Crippen LogP contribution in [0.5, 0.6) is 5.75 Å². The minimum absolute atomic E-state index is 0.137. The fourth-order valence-electron chi connectivity index (χ4n) is 1.16. The maximum atomic E-state index is 11.4. The number of rotatable bonds is 4. The Morgan fingerprint density at radius 1 is 1.24 bits per heavy atom. The smallest absolute Gasteiger partial charge is 0.298 e. The monoisotopic (exact) mass is 236 g/mol. The lowest BCUT2D eigenvalue weighted by atomic mass is 9.93. The molecule has 0 spiro atoms. The molecule has 1 aromatic rings. The summed E-state index contributed by atoms with van der Waals surface area (Å²) in [4.78, 5) is 31.3. The van der Waals surface area contributed by atoms with Crippen molar-refractivity contribution >= 4 is 12.3 Å². The third kappa shape index (κ3) is 5.15. The lowest BCUT2D eigenvalue weighted by molar-refractivity contribution is -0.215. The van der Waals surface area contributed by atoms with Crippen LogP contribution in [0.25, 0.3) is 0 Å². The molecule has 0 amide bonds. The Labute approximate surface area is 100 Å². The van der Waals surface area contributed by atoms with Gasteiger partial charge < -0.3 is 0 Å². The van der Waals surface area contributed by atoms with Crippen LogP contribution in [0.3, 0.4) is 0 Å². The van der Waals surface area contributed by atoms with Gasteiger partial charge in [-0.25, -0.2) is 4.79 Å². The summed E-state index contributed by atoms with van der Waals surface area (Å²) in [5, 5.41) is 0. The number of hydrogen-bond acceptors (Lipinski definition) is 4. The van der Waals surface area contributed by atoms with Crippen molar-refractivity contribution in [3.63, 3.8) is 0 Å². The van der Waals surface area contributed by atoms with Crippen LogP contribution >= 0.6 is 0 Å². The van der Waals surface area contributed by atoms with Crippen molar-refractivity contribution in [2.45, 2.75) is 27.2 Å². The molecule has 1 rings (SSSR count). The first-order valence-electron chi connectivity index (χ1n) is 5.33. The molecular formula is C13H16O4. The van der Waals surface area contributed by atoms with Crippen LogP contribution < -0.4 is 4.89 Å². The van der Waals surface area contributed by atoms with Crippen molar-refractivity contribution < 1.29 is 19.4 Å². The summed E-state index contributed by atoms with van der Waals surface area (Å²) < 4.78 is 0. The van der Waals surface area contributed by atoms with Crippen LogP contribution in [0.2, 0.25) is 0 Å². The molecule has 0 atom stereocenters. The van der Waals surface area contributed by atoms with E-state index in [2.05, 4.69) is 4.89 Å². The average molecular weight is 236 g/mol. The molecule has 17 heavy (non-hydrogen) atoms.